The van der Waals surface area contributed by atoms with Gasteiger partial charge in [-0.1, -0.05) is 11.6 Å². The molecule has 0 heterocycles. The number of amides is 2. The van der Waals surface area contributed by atoms with Gasteiger partial charge < -0.3 is 15.4 Å². The molecule has 2 aliphatic carbocycles. The average Bonchev–Trinajstić information content (AvgIpc) is 3.27. The van der Waals surface area contributed by atoms with Gasteiger partial charge in [0.25, 0.3) is 5.91 Å². The molecule has 0 radical (unpaired) electrons. The minimum absolute atomic E-state index is 0.0279. The molecule has 23 heavy (non-hydrogen) atoms. The summed E-state index contributed by atoms with van der Waals surface area (Å²) in [4.78, 5) is 23.4. The van der Waals surface area contributed by atoms with E-state index in [1.165, 1.54) is 0 Å². The topological polar surface area (TPSA) is 67.4 Å². The molecule has 1 aromatic carbocycles. The molecular formula is C16H18Cl2N2O3. The van der Waals surface area contributed by atoms with Crippen molar-refractivity contribution < 1.29 is 14.3 Å². The number of halogens is 2. The quantitative estimate of drug-likeness (QED) is 0.765. The summed E-state index contributed by atoms with van der Waals surface area (Å²) in [6, 6.07) is 7.09. The Hall–Kier alpha value is -1.46. The van der Waals surface area contributed by atoms with Crippen LogP contribution in [0.4, 0.5) is 0 Å². The maximum Gasteiger partial charge on any atom is 0.258 e. The molecule has 2 unspecified atom stereocenters. The summed E-state index contributed by atoms with van der Waals surface area (Å²) >= 11 is 11.3. The van der Waals surface area contributed by atoms with Crippen molar-refractivity contribution in [3.8, 4) is 5.75 Å². The van der Waals surface area contributed by atoms with Gasteiger partial charge in [-0.05, 0) is 48.9 Å². The molecule has 4 atom stereocenters. The van der Waals surface area contributed by atoms with E-state index in [2.05, 4.69) is 10.6 Å². The van der Waals surface area contributed by atoms with Gasteiger partial charge in [0, 0.05) is 17.1 Å². The van der Waals surface area contributed by atoms with Crippen molar-refractivity contribution in [1.29, 1.82) is 0 Å². The zero-order valence-corrected chi connectivity index (χ0v) is 13.9. The zero-order chi connectivity index (χ0) is 16.4. The van der Waals surface area contributed by atoms with Crippen molar-refractivity contribution in [1.82, 2.24) is 10.6 Å². The van der Waals surface area contributed by atoms with Gasteiger partial charge in [-0.25, -0.2) is 0 Å². The Morgan fingerprint density at radius 3 is 2.26 bits per heavy atom. The third-order valence-electron chi connectivity index (χ3n) is 4.43. The average molecular weight is 357 g/mol. The normalized spacial score (nSPS) is 27.9. The molecule has 0 spiro atoms. The molecule has 0 bridgehead atoms. The molecule has 3 rings (SSSR count). The molecule has 0 aromatic heterocycles. The van der Waals surface area contributed by atoms with Crippen LogP contribution in [0.2, 0.25) is 5.02 Å². The van der Waals surface area contributed by atoms with E-state index in [0.717, 1.165) is 12.8 Å². The highest BCUT2D eigenvalue weighted by Crippen LogP contribution is 2.51. The zero-order valence-electron chi connectivity index (χ0n) is 12.4. The number of hydrogen-bond donors (Lipinski definition) is 2. The second-order valence-electron chi connectivity index (χ2n) is 6.02. The summed E-state index contributed by atoms with van der Waals surface area (Å²) in [5, 5.41) is 6.54. The Morgan fingerprint density at radius 2 is 1.65 bits per heavy atom. The van der Waals surface area contributed by atoms with Crippen LogP contribution in [0.5, 0.6) is 5.75 Å². The van der Waals surface area contributed by atoms with E-state index in [1.807, 2.05) is 0 Å². The van der Waals surface area contributed by atoms with Crippen LogP contribution in [0, 0.1) is 11.8 Å². The van der Waals surface area contributed by atoms with E-state index in [-0.39, 0.29) is 36.4 Å². The largest absolute Gasteiger partial charge is 0.484 e. The summed E-state index contributed by atoms with van der Waals surface area (Å²) in [6.07, 6.45) is 1.79. The van der Waals surface area contributed by atoms with Crippen LogP contribution in [0.1, 0.15) is 12.8 Å². The third kappa shape index (κ3) is 4.09. The van der Waals surface area contributed by atoms with Gasteiger partial charge in [0.15, 0.2) is 6.61 Å². The van der Waals surface area contributed by atoms with Gasteiger partial charge in [-0.3, -0.25) is 9.59 Å². The molecule has 0 saturated heterocycles. The van der Waals surface area contributed by atoms with E-state index in [9.17, 15) is 9.59 Å². The first-order valence-electron chi connectivity index (χ1n) is 7.60. The number of nitrogens with one attached hydrogen (secondary N) is 2. The molecule has 124 valence electrons. The first kappa shape index (κ1) is 16.4. The van der Waals surface area contributed by atoms with E-state index in [4.69, 9.17) is 27.9 Å². The molecule has 2 fully saturated rings. The molecule has 2 N–H and O–H groups in total. The van der Waals surface area contributed by atoms with Crippen molar-refractivity contribution in [2.45, 2.75) is 24.9 Å². The van der Waals surface area contributed by atoms with Crippen molar-refractivity contribution in [2.75, 3.05) is 12.5 Å². The summed E-state index contributed by atoms with van der Waals surface area (Å²) in [7, 11) is 0. The van der Waals surface area contributed by atoms with Gasteiger partial charge >= 0.3 is 0 Å². The Kier molecular flexibility index (Phi) is 4.97. The highest BCUT2D eigenvalue weighted by Gasteiger charge is 2.55. The fourth-order valence-electron chi connectivity index (χ4n) is 3.29. The molecule has 1 aromatic rings. The Morgan fingerprint density at radius 1 is 1.04 bits per heavy atom. The van der Waals surface area contributed by atoms with Crippen LogP contribution in [0.15, 0.2) is 24.3 Å². The van der Waals surface area contributed by atoms with Gasteiger partial charge in [0.05, 0.1) is 0 Å². The number of carbonyl (C=O) groups is 2. The molecule has 2 aliphatic rings. The predicted octanol–water partition coefficient (Wildman–Crippen LogP) is 1.97. The fourth-order valence-corrected chi connectivity index (χ4v) is 3.49. The Bertz CT molecular complexity index is 593. The van der Waals surface area contributed by atoms with Crippen LogP contribution in [0.3, 0.4) is 0 Å². The van der Waals surface area contributed by atoms with E-state index < -0.39 is 0 Å². The summed E-state index contributed by atoms with van der Waals surface area (Å²) in [6.45, 7) is -0.0335. The minimum Gasteiger partial charge on any atom is -0.484 e. The second-order valence-corrected chi connectivity index (χ2v) is 6.73. The lowest BCUT2D eigenvalue weighted by Crippen LogP contribution is -2.41. The number of ether oxygens (including phenoxy) is 1. The van der Waals surface area contributed by atoms with E-state index in [1.54, 1.807) is 24.3 Å². The lowest BCUT2D eigenvalue weighted by Gasteiger charge is -2.18. The summed E-state index contributed by atoms with van der Waals surface area (Å²) in [5.41, 5.74) is 0. The molecule has 2 amide bonds. The molecule has 2 saturated carbocycles. The highest BCUT2D eigenvalue weighted by atomic mass is 35.5. The smallest absolute Gasteiger partial charge is 0.258 e. The van der Waals surface area contributed by atoms with Crippen molar-refractivity contribution in [2.24, 2.45) is 11.8 Å². The molecule has 5 nitrogen and oxygen atoms in total. The first-order chi connectivity index (χ1) is 11.1. The van der Waals surface area contributed by atoms with Crippen LogP contribution in [-0.2, 0) is 9.59 Å². The highest BCUT2D eigenvalue weighted by molar-refractivity contribution is 6.30. The number of hydrogen-bond acceptors (Lipinski definition) is 3. The van der Waals surface area contributed by atoms with E-state index in [0.29, 0.717) is 22.6 Å². The maximum atomic E-state index is 12.0. The summed E-state index contributed by atoms with van der Waals surface area (Å²) < 4.78 is 5.43. The molecule has 7 heteroatoms. The maximum absolute atomic E-state index is 12.0. The molecular weight excluding hydrogens is 339 g/mol. The number of alkyl halides is 1. The number of rotatable bonds is 6. The van der Waals surface area contributed by atoms with Crippen LogP contribution >= 0.6 is 23.2 Å². The standard InChI is InChI=1S/C16H18Cl2N2O3/c17-7-15(21)19-13-6-14(12-5-11(12)13)20-16(22)8-23-10-3-1-9(18)2-4-10/h1-4,11-14H,5-8H2,(H,19,21)(H,20,22)/t11?,12?,13-,14+/m0/s1. The van der Waals surface area contributed by atoms with Crippen LogP contribution in [-0.4, -0.2) is 36.4 Å². The number of fused-ring (bicyclic) bond motifs is 1. The number of carbonyl (C=O) groups excluding carboxylic acids is 2. The fraction of sp³-hybridized carbons (Fsp3) is 0.500. The van der Waals surface area contributed by atoms with Crippen molar-refractivity contribution in [3.63, 3.8) is 0 Å². The van der Waals surface area contributed by atoms with Gasteiger partial charge in [0.1, 0.15) is 11.6 Å². The monoisotopic (exact) mass is 356 g/mol. The van der Waals surface area contributed by atoms with Gasteiger partial charge in [-0.2, -0.15) is 0 Å². The van der Waals surface area contributed by atoms with Crippen molar-refractivity contribution >= 4 is 35.0 Å². The van der Waals surface area contributed by atoms with Crippen LogP contribution in [0.25, 0.3) is 0 Å². The van der Waals surface area contributed by atoms with Gasteiger partial charge in [0.2, 0.25) is 5.91 Å². The predicted molar refractivity (Wildman–Crippen MR) is 87.7 cm³/mol. The SMILES string of the molecule is O=C(CCl)N[C@H]1C[C@@H](NC(=O)COc2ccc(Cl)cc2)C2CC21. The van der Waals surface area contributed by atoms with Crippen LogP contribution < -0.4 is 15.4 Å². The van der Waals surface area contributed by atoms with Gasteiger partial charge in [-0.15, -0.1) is 11.6 Å². The molecule has 0 aliphatic heterocycles. The number of benzene rings is 1. The lowest BCUT2D eigenvalue weighted by molar-refractivity contribution is -0.123. The second kappa shape index (κ2) is 6.97. The minimum atomic E-state index is -0.153. The summed E-state index contributed by atoms with van der Waals surface area (Å²) in [5.74, 6) is 1.19. The van der Waals surface area contributed by atoms with Crippen molar-refractivity contribution in [3.05, 3.63) is 29.3 Å². The third-order valence-corrected chi connectivity index (χ3v) is 4.93. The first-order valence-corrected chi connectivity index (χ1v) is 8.51. The lowest BCUT2D eigenvalue weighted by atomic mass is 10.1. The Balaban J connectivity index is 1.44. The van der Waals surface area contributed by atoms with E-state index >= 15 is 0 Å². The Labute approximate surface area is 144 Å².